The Balaban J connectivity index is 3.55. The molecule has 1 aromatic rings. The average molecular weight is 254 g/mol. The third-order valence-corrected chi connectivity index (χ3v) is 2.84. The van der Waals surface area contributed by atoms with Gasteiger partial charge < -0.3 is 4.74 Å². The molecule has 18 heavy (non-hydrogen) atoms. The first kappa shape index (κ1) is 13.9. The third kappa shape index (κ3) is 2.55. The van der Waals surface area contributed by atoms with Crippen LogP contribution in [-0.2, 0) is 0 Å². The van der Waals surface area contributed by atoms with E-state index in [4.69, 9.17) is 4.74 Å². The molecular formula is C11H14N2O5. The average Bonchev–Trinajstić information content (AvgIpc) is 2.35. The number of nitro groups is 2. The van der Waals surface area contributed by atoms with Gasteiger partial charge in [-0.3, -0.25) is 20.2 Å². The Hall–Kier alpha value is -2.18. The number of hydrogen-bond donors (Lipinski definition) is 0. The molecule has 0 unspecified atom stereocenters. The van der Waals surface area contributed by atoms with Crippen molar-refractivity contribution in [1.29, 1.82) is 0 Å². The molecule has 0 aliphatic rings. The first-order valence-electron chi connectivity index (χ1n) is 5.43. The fraction of sp³-hybridized carbons (Fsp3) is 0.455. The van der Waals surface area contributed by atoms with Crippen LogP contribution in [0.4, 0.5) is 11.4 Å². The molecule has 0 saturated carbocycles. The third-order valence-electron chi connectivity index (χ3n) is 2.84. The molecule has 0 N–H and O–H groups in total. The van der Waals surface area contributed by atoms with E-state index >= 15 is 0 Å². The van der Waals surface area contributed by atoms with Crippen LogP contribution in [-0.4, -0.2) is 17.0 Å². The Kier molecular flexibility index (Phi) is 4.19. The molecule has 0 aliphatic heterocycles. The molecule has 98 valence electrons. The molecule has 0 heterocycles. The Bertz CT molecular complexity index is 487. The van der Waals surface area contributed by atoms with E-state index in [0.717, 1.165) is 6.07 Å². The molecular weight excluding hydrogens is 240 g/mol. The fourth-order valence-corrected chi connectivity index (χ4v) is 1.67. The van der Waals surface area contributed by atoms with Gasteiger partial charge >= 0.3 is 5.69 Å². The van der Waals surface area contributed by atoms with Gasteiger partial charge in [0.25, 0.3) is 5.69 Å². The van der Waals surface area contributed by atoms with E-state index in [-0.39, 0.29) is 23.0 Å². The number of nitro benzene ring substituents is 2. The van der Waals surface area contributed by atoms with Crippen molar-refractivity contribution in [2.45, 2.75) is 26.2 Å². The molecule has 0 aliphatic carbocycles. The Labute approximate surface area is 104 Å². The Morgan fingerprint density at radius 2 is 1.89 bits per heavy atom. The summed E-state index contributed by atoms with van der Waals surface area (Å²) in [5, 5.41) is 21.7. The maximum Gasteiger partial charge on any atom is 0.318 e. The first-order chi connectivity index (χ1) is 8.42. The monoisotopic (exact) mass is 254 g/mol. The smallest absolute Gasteiger partial charge is 0.318 e. The van der Waals surface area contributed by atoms with Crippen molar-refractivity contribution >= 4 is 11.4 Å². The minimum atomic E-state index is -0.669. The molecule has 7 nitrogen and oxygen atoms in total. The lowest BCUT2D eigenvalue weighted by Crippen LogP contribution is -2.03. The van der Waals surface area contributed by atoms with Crippen LogP contribution in [0.25, 0.3) is 0 Å². The van der Waals surface area contributed by atoms with Crippen molar-refractivity contribution in [2.75, 3.05) is 7.11 Å². The highest BCUT2D eigenvalue weighted by molar-refractivity contribution is 5.59. The van der Waals surface area contributed by atoms with E-state index < -0.39 is 9.85 Å². The van der Waals surface area contributed by atoms with E-state index in [2.05, 4.69) is 0 Å². The summed E-state index contributed by atoms with van der Waals surface area (Å²) in [6.45, 7) is 3.74. The van der Waals surface area contributed by atoms with Gasteiger partial charge in [-0.2, -0.15) is 0 Å². The molecule has 1 rings (SSSR count). The van der Waals surface area contributed by atoms with Crippen LogP contribution in [0.15, 0.2) is 12.1 Å². The molecule has 0 radical (unpaired) electrons. The second-order valence-corrected chi connectivity index (χ2v) is 3.91. The van der Waals surface area contributed by atoms with Gasteiger partial charge in [-0.25, -0.2) is 0 Å². The number of benzene rings is 1. The quantitative estimate of drug-likeness (QED) is 0.594. The molecule has 0 fully saturated rings. The van der Waals surface area contributed by atoms with Crippen molar-refractivity contribution in [2.24, 2.45) is 0 Å². The summed E-state index contributed by atoms with van der Waals surface area (Å²) >= 11 is 0. The number of hydrogen-bond acceptors (Lipinski definition) is 5. The highest BCUT2D eigenvalue weighted by Crippen LogP contribution is 2.39. The van der Waals surface area contributed by atoms with Crippen molar-refractivity contribution < 1.29 is 14.6 Å². The zero-order valence-corrected chi connectivity index (χ0v) is 10.4. The Morgan fingerprint density at radius 1 is 1.28 bits per heavy atom. The molecule has 0 saturated heterocycles. The van der Waals surface area contributed by atoms with Gasteiger partial charge in [-0.1, -0.05) is 13.8 Å². The van der Waals surface area contributed by atoms with Crippen LogP contribution in [0.3, 0.4) is 0 Å². The summed E-state index contributed by atoms with van der Waals surface area (Å²) < 4.78 is 5.03. The van der Waals surface area contributed by atoms with Crippen LogP contribution >= 0.6 is 0 Å². The van der Waals surface area contributed by atoms with Gasteiger partial charge in [0.15, 0.2) is 0 Å². The van der Waals surface area contributed by atoms with Gasteiger partial charge in [0.1, 0.15) is 0 Å². The first-order valence-corrected chi connectivity index (χ1v) is 5.43. The fourth-order valence-electron chi connectivity index (χ4n) is 1.67. The summed E-state index contributed by atoms with van der Waals surface area (Å²) in [6, 6.07) is 2.25. The van der Waals surface area contributed by atoms with Crippen LogP contribution < -0.4 is 4.74 Å². The lowest BCUT2D eigenvalue weighted by molar-refractivity contribution is -0.394. The predicted molar refractivity (Wildman–Crippen MR) is 65.0 cm³/mol. The van der Waals surface area contributed by atoms with Crippen molar-refractivity contribution in [1.82, 2.24) is 0 Å². The van der Waals surface area contributed by atoms with Gasteiger partial charge in [0.2, 0.25) is 5.75 Å². The molecule has 7 heteroatoms. The topological polar surface area (TPSA) is 95.5 Å². The maximum absolute atomic E-state index is 10.9. The minimum absolute atomic E-state index is 0.0569. The summed E-state index contributed by atoms with van der Waals surface area (Å²) in [5.74, 6) is 0.0403. The second-order valence-electron chi connectivity index (χ2n) is 3.91. The van der Waals surface area contributed by atoms with E-state index in [0.29, 0.717) is 12.0 Å². The van der Waals surface area contributed by atoms with Crippen LogP contribution in [0.5, 0.6) is 5.75 Å². The van der Waals surface area contributed by atoms with Gasteiger partial charge in [0, 0.05) is 11.6 Å². The zero-order chi connectivity index (χ0) is 13.9. The summed E-state index contributed by atoms with van der Waals surface area (Å²) in [6.07, 6.45) is 0.703. The predicted octanol–water partition coefficient (Wildman–Crippen LogP) is 3.03. The highest BCUT2D eigenvalue weighted by atomic mass is 16.6. The van der Waals surface area contributed by atoms with Crippen molar-refractivity contribution in [3.63, 3.8) is 0 Å². The molecule has 1 aromatic carbocycles. The normalized spacial score (nSPS) is 11.9. The van der Waals surface area contributed by atoms with Gasteiger partial charge in [-0.15, -0.1) is 0 Å². The SMILES string of the molecule is CC[C@H](C)c1cc([N+](=O)[O-])cc([N+](=O)[O-])c1OC. The van der Waals surface area contributed by atoms with Crippen LogP contribution in [0.2, 0.25) is 0 Å². The van der Waals surface area contributed by atoms with Gasteiger partial charge in [0.05, 0.1) is 23.0 Å². The van der Waals surface area contributed by atoms with Crippen molar-refractivity contribution in [3.8, 4) is 5.75 Å². The van der Waals surface area contributed by atoms with E-state index in [1.54, 1.807) is 0 Å². The van der Waals surface area contributed by atoms with E-state index in [9.17, 15) is 20.2 Å². The van der Waals surface area contributed by atoms with E-state index in [1.807, 2.05) is 13.8 Å². The highest BCUT2D eigenvalue weighted by Gasteiger charge is 2.26. The summed E-state index contributed by atoms with van der Waals surface area (Å²) in [7, 11) is 1.32. The van der Waals surface area contributed by atoms with Crippen LogP contribution in [0, 0.1) is 20.2 Å². The summed E-state index contributed by atoms with van der Waals surface area (Å²) in [4.78, 5) is 20.4. The maximum atomic E-state index is 10.9. The number of nitrogens with zero attached hydrogens (tertiary/aromatic N) is 2. The molecule has 0 spiro atoms. The molecule has 0 bridgehead atoms. The summed E-state index contributed by atoms with van der Waals surface area (Å²) in [5.41, 5.74) is -0.180. The van der Waals surface area contributed by atoms with Gasteiger partial charge in [-0.05, 0) is 12.3 Å². The zero-order valence-electron chi connectivity index (χ0n) is 10.4. The molecule has 1 atom stereocenters. The number of ether oxygens (including phenoxy) is 1. The largest absolute Gasteiger partial charge is 0.490 e. The second kappa shape index (κ2) is 5.44. The lowest BCUT2D eigenvalue weighted by Gasteiger charge is -2.13. The molecule has 0 amide bonds. The number of non-ortho nitro benzene ring substituents is 1. The minimum Gasteiger partial charge on any atom is -0.490 e. The van der Waals surface area contributed by atoms with Crippen LogP contribution in [0.1, 0.15) is 31.7 Å². The lowest BCUT2D eigenvalue weighted by atomic mass is 9.96. The standard InChI is InChI=1S/C11H14N2O5/c1-4-7(2)9-5-8(12(14)15)6-10(13(16)17)11(9)18-3/h5-7H,4H2,1-3H3/t7-/m0/s1. The van der Waals surface area contributed by atoms with Crippen molar-refractivity contribution in [3.05, 3.63) is 37.9 Å². The number of methoxy groups -OCH3 is 1. The van der Waals surface area contributed by atoms with E-state index in [1.165, 1.54) is 13.2 Å². The Morgan fingerprint density at radius 3 is 2.28 bits per heavy atom. The molecule has 0 aromatic heterocycles. The number of rotatable bonds is 5.